The minimum absolute atomic E-state index is 0.144. The van der Waals surface area contributed by atoms with Crippen LogP contribution in [0.25, 0.3) is 0 Å². The van der Waals surface area contributed by atoms with E-state index in [4.69, 9.17) is 0 Å². The number of carbonyl (C=O) groups is 8. The van der Waals surface area contributed by atoms with Crippen LogP contribution in [0.5, 0.6) is 0 Å². The molecule has 0 atom stereocenters. The summed E-state index contributed by atoms with van der Waals surface area (Å²) in [7, 11) is 14.7. The molecule has 8 rings (SSSR count). The second-order valence-corrected chi connectivity index (χ2v) is 30.4. The third-order valence-corrected chi connectivity index (χ3v) is 23.5. The Morgan fingerprint density at radius 1 is 0.157 bits per heavy atom. The minimum Gasteiger partial charge on any atom is -0.342 e. The molecule has 0 unspecified atom stereocenters. The Bertz CT molecular complexity index is 3150. The van der Waals surface area contributed by atoms with Crippen LogP contribution < -0.4 is 0 Å². The van der Waals surface area contributed by atoms with Crippen LogP contribution >= 0.6 is 0 Å². The fourth-order valence-corrected chi connectivity index (χ4v) is 16.1. The molecular formula is C82H124N12O8. The summed E-state index contributed by atoms with van der Waals surface area (Å²) in [5.74, 6) is -1.15. The zero-order chi connectivity index (χ0) is 75.8. The molecule has 560 valence electrons. The summed E-state index contributed by atoms with van der Waals surface area (Å²) in [6, 6.07) is 0. The highest BCUT2D eigenvalue weighted by Crippen LogP contribution is 2.34. The summed E-state index contributed by atoms with van der Waals surface area (Å²) in [5, 5.41) is 0. The molecule has 8 amide bonds. The molecule has 0 aromatic heterocycles. The molecule has 0 saturated carbocycles. The van der Waals surface area contributed by atoms with Crippen molar-refractivity contribution < 1.29 is 38.4 Å². The Kier molecular flexibility index (Phi) is 28.3. The average molecular weight is 1410 g/mol. The molecule has 0 radical (unpaired) electrons. The maximum Gasteiger partial charge on any atom is 0.254 e. The van der Waals surface area contributed by atoms with Gasteiger partial charge in [-0.25, -0.2) is 0 Å². The van der Waals surface area contributed by atoms with E-state index in [0.717, 1.165) is 66.8 Å². The number of amides is 8. The normalized spacial score (nSPS) is 21.1. The van der Waals surface area contributed by atoms with Gasteiger partial charge in [-0.2, -0.15) is 0 Å². The molecule has 4 aromatic rings. The van der Waals surface area contributed by atoms with Gasteiger partial charge in [0.25, 0.3) is 47.3 Å². The highest BCUT2D eigenvalue weighted by atomic mass is 16.2. The number of hydrogen-bond acceptors (Lipinski definition) is 12. The fraction of sp³-hybridized carbons (Fsp3) is 0.610. The quantitative estimate of drug-likeness (QED) is 0.163. The Morgan fingerprint density at radius 3 is 0.373 bits per heavy atom. The highest BCUT2D eigenvalue weighted by molar-refractivity contribution is 6.07. The van der Waals surface area contributed by atoms with Crippen LogP contribution in [0.1, 0.15) is 223 Å². The third kappa shape index (κ3) is 17.8. The minimum atomic E-state index is -0.144. The van der Waals surface area contributed by atoms with Crippen LogP contribution in [-0.2, 0) is 0 Å². The molecule has 4 heterocycles. The van der Waals surface area contributed by atoms with E-state index < -0.39 is 0 Å². The largest absolute Gasteiger partial charge is 0.342 e. The number of benzene rings is 4. The molecule has 20 heteroatoms. The van der Waals surface area contributed by atoms with Crippen molar-refractivity contribution in [1.29, 1.82) is 0 Å². The van der Waals surface area contributed by atoms with Gasteiger partial charge in [-0.3, -0.25) is 58.0 Å². The molecule has 4 aromatic carbocycles. The first-order chi connectivity index (χ1) is 48.0. The van der Waals surface area contributed by atoms with Crippen molar-refractivity contribution in [2.24, 2.45) is 0 Å². The molecule has 20 nitrogen and oxygen atoms in total. The summed E-state index contributed by atoms with van der Waals surface area (Å²) in [4.78, 5) is 144. The molecule has 0 spiro atoms. The topological polar surface area (TPSA) is 175 Å². The molecular weight excluding hydrogens is 1280 g/mol. The molecule has 0 aliphatic carbocycles. The number of rotatable bonds is 0. The van der Waals surface area contributed by atoms with Gasteiger partial charge in [-0.05, 0) is 251 Å². The highest BCUT2D eigenvalue weighted by Gasteiger charge is 2.33. The maximum absolute atomic E-state index is 15.1. The zero-order valence-electron chi connectivity index (χ0n) is 67.0. The summed E-state index contributed by atoms with van der Waals surface area (Å²) < 4.78 is 0. The van der Waals surface area contributed by atoms with Crippen LogP contribution in [0, 0.1) is 111 Å². The van der Waals surface area contributed by atoms with Gasteiger partial charge in [0.05, 0.1) is 13.3 Å². The van der Waals surface area contributed by atoms with Gasteiger partial charge < -0.3 is 39.2 Å². The zero-order valence-corrected chi connectivity index (χ0v) is 67.0. The predicted octanol–water partition coefficient (Wildman–Crippen LogP) is 10.6. The monoisotopic (exact) mass is 1400 g/mol. The van der Waals surface area contributed by atoms with Gasteiger partial charge in [0, 0.05) is 206 Å². The van der Waals surface area contributed by atoms with Gasteiger partial charge in [0.2, 0.25) is 0 Å². The van der Waals surface area contributed by atoms with Crippen LogP contribution in [0.15, 0.2) is 0 Å². The van der Waals surface area contributed by atoms with E-state index in [1.54, 1.807) is 39.2 Å². The van der Waals surface area contributed by atoms with Gasteiger partial charge in [0.15, 0.2) is 0 Å². The molecule has 0 saturated heterocycles. The molecule has 4 aliphatic heterocycles. The van der Waals surface area contributed by atoms with Crippen molar-refractivity contribution >= 4 is 47.3 Å². The van der Waals surface area contributed by atoms with Crippen molar-refractivity contribution in [2.45, 2.75) is 162 Å². The van der Waals surface area contributed by atoms with Crippen molar-refractivity contribution in [1.82, 2.24) is 58.8 Å². The Balaban J connectivity index is 1.45. The maximum atomic E-state index is 15.1. The second-order valence-electron chi connectivity index (χ2n) is 30.4. The van der Waals surface area contributed by atoms with E-state index in [9.17, 15) is 0 Å². The third-order valence-electron chi connectivity index (χ3n) is 23.5. The Morgan fingerprint density at radius 2 is 0.265 bits per heavy atom. The number of hydrogen-bond donors (Lipinski definition) is 0. The second kappa shape index (κ2) is 35.3. The molecule has 102 heavy (non-hydrogen) atoms. The van der Waals surface area contributed by atoms with E-state index in [1.807, 2.05) is 167 Å². The van der Waals surface area contributed by atoms with Crippen molar-refractivity contribution in [2.75, 3.05) is 174 Å². The lowest BCUT2D eigenvalue weighted by Crippen LogP contribution is -2.43. The Hall–Kier alpha value is -7.52. The average Bonchev–Trinajstić information content (AvgIpc) is 0.789. The first-order valence-corrected chi connectivity index (χ1v) is 37.3. The first-order valence-electron chi connectivity index (χ1n) is 37.3. The first kappa shape index (κ1) is 81.8. The number of fused-ring (bicyclic) bond motifs is 18. The van der Waals surface area contributed by atoms with Crippen LogP contribution in [-0.4, -0.2) is 280 Å². The van der Waals surface area contributed by atoms with Crippen molar-refractivity contribution in [3.63, 3.8) is 0 Å². The van der Waals surface area contributed by atoms with E-state index >= 15 is 38.4 Å². The smallest absolute Gasteiger partial charge is 0.254 e. The molecule has 0 fully saturated rings. The van der Waals surface area contributed by atoms with Gasteiger partial charge in [-0.15, -0.1) is 0 Å². The van der Waals surface area contributed by atoms with Gasteiger partial charge >= 0.3 is 0 Å². The lowest BCUT2D eigenvalue weighted by molar-refractivity contribution is 0.0736. The standard InChI is InChI=1S/C82H124N12O8/c1-51-55(5)67-63(13)68(56(51)6)76(96)84(18)34-26-42-92-44-28-36-86(20)78(98)70-58(8)52(2)57(7)69(64(70)14)77(97)85(19)35-27-43-91(41-25-33-83(17)75(67)95)49-93-45-29-37-87(21)79(99)71-59(9)53(3)60(10)72(65(71)15)80(100)88(22)38-30-46-94(50-92)48-32-40-90(24)82(102)74-62(12)54(4)61(11)73(66(74)16)81(101)89(23)39-31-47-93/h25-50H2,1-24H3. The summed E-state index contributed by atoms with van der Waals surface area (Å²) >= 11 is 0. The summed E-state index contributed by atoms with van der Waals surface area (Å²) in [6.45, 7) is 40.4. The summed E-state index contributed by atoms with van der Waals surface area (Å²) in [6.07, 6.45) is 4.79. The number of carbonyl (C=O) groups excluding carboxylic acids is 8. The number of nitrogens with zero attached hydrogens (tertiary/aromatic N) is 12. The van der Waals surface area contributed by atoms with Crippen LogP contribution in [0.2, 0.25) is 0 Å². The molecule has 0 N–H and O–H groups in total. The molecule has 4 aliphatic rings. The van der Waals surface area contributed by atoms with Crippen LogP contribution in [0.4, 0.5) is 0 Å². The lowest BCUT2D eigenvalue weighted by Gasteiger charge is -2.33. The predicted molar refractivity (Wildman–Crippen MR) is 410 cm³/mol. The van der Waals surface area contributed by atoms with Crippen molar-refractivity contribution in [3.05, 3.63) is 134 Å². The lowest BCUT2D eigenvalue weighted by atomic mass is 9.87. The SMILES string of the molecule is Cc1c(C)c2c(C)c(c1C)C(=O)N(C)CCCN1CCCN(C)C(=O)c3c(C)c(C)c(C)c(c3C)C(=O)N(C)CCCN(CCCN(C)C2=O)CN2CCCN(C)C(=O)c3c(C)c(C)c(C)c(c3C)C(=O)N(C)CCCN(CCCN(C)C(=O)c3c(C)c(C)c(C)c(c3C)C(=O)N(C)CCC2)C1. The van der Waals surface area contributed by atoms with E-state index in [1.165, 1.54) is 0 Å². The Labute approximate surface area is 611 Å². The molecule has 12 bridgehead atoms. The van der Waals surface area contributed by atoms with Gasteiger partial charge in [0.1, 0.15) is 0 Å². The summed E-state index contributed by atoms with van der Waals surface area (Å²) in [5.41, 5.74) is 17.4. The van der Waals surface area contributed by atoms with E-state index in [0.29, 0.717) is 236 Å². The van der Waals surface area contributed by atoms with E-state index in [2.05, 4.69) is 19.6 Å². The van der Waals surface area contributed by atoms with Crippen LogP contribution in [0.3, 0.4) is 0 Å². The van der Waals surface area contributed by atoms with E-state index in [-0.39, 0.29) is 47.3 Å². The van der Waals surface area contributed by atoms with Crippen molar-refractivity contribution in [3.8, 4) is 0 Å². The van der Waals surface area contributed by atoms with Gasteiger partial charge in [-0.1, -0.05) is 0 Å². The fourth-order valence-electron chi connectivity index (χ4n) is 16.1.